The number of anilines is 1. The van der Waals surface area contributed by atoms with Gasteiger partial charge in [0.2, 0.25) is 11.8 Å². The fourth-order valence-electron chi connectivity index (χ4n) is 4.12. The Hall–Kier alpha value is -3.36. The molecule has 0 aliphatic carbocycles. The molecule has 3 rings (SSSR count). The van der Waals surface area contributed by atoms with E-state index in [-0.39, 0.29) is 23.3 Å². The van der Waals surface area contributed by atoms with Crippen LogP contribution in [0.4, 0.5) is 5.69 Å². The van der Waals surface area contributed by atoms with E-state index in [4.69, 9.17) is 11.6 Å². The van der Waals surface area contributed by atoms with Crippen LogP contribution in [0, 0.1) is 0 Å². The highest BCUT2D eigenvalue weighted by Crippen LogP contribution is 2.27. The minimum atomic E-state index is -4.10. The summed E-state index contributed by atoms with van der Waals surface area (Å²) in [5, 5.41) is 3.47. The Morgan fingerprint density at radius 3 is 1.98 bits per heavy atom. The summed E-state index contributed by atoms with van der Waals surface area (Å²) in [6.07, 6.45) is 0. The summed E-state index contributed by atoms with van der Waals surface area (Å²) >= 11 is 6.05. The first-order chi connectivity index (χ1) is 18.7. The van der Waals surface area contributed by atoms with Gasteiger partial charge in [0.1, 0.15) is 12.6 Å². The molecule has 0 aromatic heterocycles. The summed E-state index contributed by atoms with van der Waals surface area (Å²) in [6.45, 7) is 10.9. The summed E-state index contributed by atoms with van der Waals surface area (Å²) in [5.41, 5.74) is 1.65. The lowest BCUT2D eigenvalue weighted by Gasteiger charge is -2.33. The van der Waals surface area contributed by atoms with Gasteiger partial charge in [-0.05, 0) is 81.1 Å². The standard InChI is InChI=1S/C31H38ClN3O4S/c1-22(2)25-14-18-27(19-15-25)35(40(38,39)28-10-8-7-9-11-28)21-29(36)34(20-24-12-16-26(32)17-13-24)23(3)30(37)33-31(4,5)6/h7-19,22-23H,20-21H2,1-6H3,(H,33,37)/t23-/m1/s1. The number of nitrogens with zero attached hydrogens (tertiary/aromatic N) is 2. The number of benzene rings is 3. The number of rotatable bonds is 10. The number of carbonyl (C=O) groups excluding carboxylic acids is 2. The zero-order valence-electron chi connectivity index (χ0n) is 23.9. The van der Waals surface area contributed by atoms with E-state index in [0.717, 1.165) is 15.4 Å². The van der Waals surface area contributed by atoms with Crippen LogP contribution < -0.4 is 9.62 Å². The van der Waals surface area contributed by atoms with E-state index in [2.05, 4.69) is 19.2 Å². The van der Waals surface area contributed by atoms with Crippen LogP contribution in [0.1, 0.15) is 58.6 Å². The Morgan fingerprint density at radius 1 is 0.875 bits per heavy atom. The smallest absolute Gasteiger partial charge is 0.264 e. The molecule has 0 saturated heterocycles. The van der Waals surface area contributed by atoms with Crippen LogP contribution in [0.25, 0.3) is 0 Å². The number of nitrogens with one attached hydrogen (secondary N) is 1. The number of halogens is 1. The van der Waals surface area contributed by atoms with Crippen molar-refractivity contribution in [3.05, 3.63) is 95.0 Å². The minimum absolute atomic E-state index is 0.0681. The Balaban J connectivity index is 2.03. The van der Waals surface area contributed by atoms with Crippen LogP contribution in [-0.4, -0.2) is 43.3 Å². The number of hydrogen-bond donors (Lipinski definition) is 1. The predicted octanol–water partition coefficient (Wildman–Crippen LogP) is 5.99. The molecule has 0 aliphatic heterocycles. The Labute approximate surface area is 243 Å². The van der Waals surface area contributed by atoms with Crippen LogP contribution in [0.3, 0.4) is 0 Å². The second-order valence-electron chi connectivity index (χ2n) is 11.1. The highest BCUT2D eigenvalue weighted by Gasteiger charge is 2.33. The van der Waals surface area contributed by atoms with Crippen molar-refractivity contribution in [2.75, 3.05) is 10.8 Å². The van der Waals surface area contributed by atoms with Gasteiger partial charge in [0.05, 0.1) is 10.6 Å². The van der Waals surface area contributed by atoms with Crippen molar-refractivity contribution in [3.63, 3.8) is 0 Å². The van der Waals surface area contributed by atoms with Crippen LogP contribution in [0.2, 0.25) is 5.02 Å². The molecule has 3 aromatic carbocycles. The summed E-state index contributed by atoms with van der Waals surface area (Å²) < 4.78 is 28.8. The molecule has 0 radical (unpaired) electrons. The summed E-state index contributed by atoms with van der Waals surface area (Å²) in [5.74, 6) is -0.598. The molecule has 0 spiro atoms. The van der Waals surface area contributed by atoms with Gasteiger partial charge in [-0.25, -0.2) is 8.42 Å². The predicted molar refractivity (Wildman–Crippen MR) is 161 cm³/mol. The zero-order chi connectivity index (χ0) is 29.7. The molecule has 7 nitrogen and oxygen atoms in total. The van der Waals surface area contributed by atoms with Crippen LogP contribution in [0.15, 0.2) is 83.8 Å². The summed E-state index contributed by atoms with van der Waals surface area (Å²) in [7, 11) is -4.10. The number of amides is 2. The molecule has 0 aliphatic rings. The fourth-order valence-corrected chi connectivity index (χ4v) is 5.68. The maximum absolute atomic E-state index is 14.0. The topological polar surface area (TPSA) is 86.8 Å². The van der Waals surface area contributed by atoms with Crippen LogP contribution in [-0.2, 0) is 26.2 Å². The van der Waals surface area contributed by atoms with E-state index >= 15 is 0 Å². The molecule has 9 heteroatoms. The van der Waals surface area contributed by atoms with Crippen molar-refractivity contribution in [2.24, 2.45) is 0 Å². The molecule has 2 amide bonds. The van der Waals surface area contributed by atoms with Crippen LogP contribution in [0.5, 0.6) is 0 Å². The van der Waals surface area contributed by atoms with Crippen molar-refractivity contribution >= 4 is 39.1 Å². The Kier molecular flexibility index (Phi) is 10.0. The average Bonchev–Trinajstić information content (AvgIpc) is 2.90. The maximum atomic E-state index is 14.0. The van der Waals surface area contributed by atoms with Crippen molar-refractivity contribution < 1.29 is 18.0 Å². The largest absolute Gasteiger partial charge is 0.350 e. The van der Waals surface area contributed by atoms with E-state index in [1.54, 1.807) is 61.5 Å². The SMILES string of the molecule is CC(C)c1ccc(N(CC(=O)N(Cc2ccc(Cl)cc2)[C@H](C)C(=O)NC(C)(C)C)S(=O)(=O)c2ccccc2)cc1. The van der Waals surface area contributed by atoms with Crippen molar-refractivity contribution in [2.45, 2.75) is 70.5 Å². The van der Waals surface area contributed by atoms with E-state index in [1.165, 1.54) is 17.0 Å². The fraction of sp³-hybridized carbons (Fsp3) is 0.355. The molecule has 0 unspecified atom stereocenters. The van der Waals surface area contributed by atoms with Crippen molar-refractivity contribution in [1.29, 1.82) is 0 Å². The molecule has 40 heavy (non-hydrogen) atoms. The quantitative estimate of drug-likeness (QED) is 0.317. The molecule has 0 bridgehead atoms. The summed E-state index contributed by atoms with van der Waals surface area (Å²) in [6, 6.07) is 21.3. The van der Waals surface area contributed by atoms with Gasteiger partial charge in [0.15, 0.2) is 0 Å². The van der Waals surface area contributed by atoms with Crippen LogP contribution >= 0.6 is 11.6 Å². The van der Waals surface area contributed by atoms with E-state index in [0.29, 0.717) is 10.7 Å². The second-order valence-corrected chi connectivity index (χ2v) is 13.4. The molecular formula is C31H38ClN3O4S. The van der Waals surface area contributed by atoms with Gasteiger partial charge in [0, 0.05) is 17.1 Å². The molecule has 3 aromatic rings. The van der Waals surface area contributed by atoms with Crippen molar-refractivity contribution in [1.82, 2.24) is 10.2 Å². The molecule has 0 fully saturated rings. The third-order valence-electron chi connectivity index (χ3n) is 6.39. The molecule has 0 saturated carbocycles. The zero-order valence-corrected chi connectivity index (χ0v) is 25.5. The second kappa shape index (κ2) is 12.9. The third kappa shape index (κ3) is 8.08. The first-order valence-corrected chi connectivity index (χ1v) is 15.0. The third-order valence-corrected chi connectivity index (χ3v) is 8.43. The van der Waals surface area contributed by atoms with E-state index < -0.39 is 34.1 Å². The first-order valence-electron chi connectivity index (χ1n) is 13.2. The lowest BCUT2D eigenvalue weighted by atomic mass is 10.0. The van der Waals surface area contributed by atoms with Gasteiger partial charge in [-0.15, -0.1) is 0 Å². The van der Waals surface area contributed by atoms with Crippen molar-refractivity contribution in [3.8, 4) is 0 Å². The number of carbonyl (C=O) groups is 2. The lowest BCUT2D eigenvalue weighted by molar-refractivity contribution is -0.140. The molecular weight excluding hydrogens is 546 g/mol. The lowest BCUT2D eigenvalue weighted by Crippen LogP contribution is -2.54. The van der Waals surface area contributed by atoms with E-state index in [9.17, 15) is 18.0 Å². The van der Waals surface area contributed by atoms with Gasteiger partial charge < -0.3 is 10.2 Å². The van der Waals surface area contributed by atoms with E-state index in [1.807, 2.05) is 32.9 Å². The minimum Gasteiger partial charge on any atom is -0.350 e. The number of sulfonamides is 1. The highest BCUT2D eigenvalue weighted by atomic mass is 35.5. The Bertz CT molecular complexity index is 1400. The molecule has 214 valence electrons. The molecule has 1 N–H and O–H groups in total. The van der Waals surface area contributed by atoms with Gasteiger partial charge in [0.25, 0.3) is 10.0 Å². The first kappa shape index (κ1) is 31.2. The monoisotopic (exact) mass is 583 g/mol. The Morgan fingerprint density at radius 2 is 1.45 bits per heavy atom. The number of hydrogen-bond acceptors (Lipinski definition) is 4. The molecule has 0 heterocycles. The van der Waals surface area contributed by atoms with Gasteiger partial charge in [-0.1, -0.05) is 67.9 Å². The normalized spacial score (nSPS) is 12.6. The van der Waals surface area contributed by atoms with Gasteiger partial charge in [-0.2, -0.15) is 0 Å². The molecule has 1 atom stereocenters. The highest BCUT2D eigenvalue weighted by molar-refractivity contribution is 7.92. The van der Waals surface area contributed by atoms with Gasteiger partial charge >= 0.3 is 0 Å². The van der Waals surface area contributed by atoms with Gasteiger partial charge in [-0.3, -0.25) is 13.9 Å². The maximum Gasteiger partial charge on any atom is 0.264 e. The average molecular weight is 584 g/mol. The summed E-state index contributed by atoms with van der Waals surface area (Å²) in [4.78, 5) is 28.6.